The van der Waals surface area contributed by atoms with Gasteiger partial charge in [-0.25, -0.2) is 0 Å². The average molecular weight is 269 g/mol. The summed E-state index contributed by atoms with van der Waals surface area (Å²) in [4.78, 5) is 0. The van der Waals surface area contributed by atoms with Gasteiger partial charge in [0.05, 0.1) is 11.4 Å². The number of nitrogens with zero attached hydrogens (tertiary/aromatic N) is 2. The highest BCUT2D eigenvalue weighted by atomic mass is 15.3. The second kappa shape index (κ2) is 5.80. The number of rotatable bonds is 3. The van der Waals surface area contributed by atoms with Crippen molar-refractivity contribution in [3.8, 4) is 11.3 Å². The highest BCUT2D eigenvalue weighted by Gasteiger charge is 2.15. The van der Waals surface area contributed by atoms with E-state index in [0.717, 1.165) is 17.3 Å². The van der Waals surface area contributed by atoms with Gasteiger partial charge in [-0.1, -0.05) is 43.5 Å². The lowest BCUT2D eigenvalue weighted by Gasteiger charge is -2.22. The first-order valence-corrected chi connectivity index (χ1v) is 7.61. The van der Waals surface area contributed by atoms with Crippen molar-refractivity contribution in [1.29, 1.82) is 0 Å². The average Bonchev–Trinajstić information content (AvgIpc) is 2.89. The Morgan fingerprint density at radius 2 is 1.85 bits per heavy atom. The van der Waals surface area contributed by atoms with Crippen LogP contribution in [0, 0.1) is 0 Å². The number of aryl methyl sites for hydroxylation is 1. The summed E-state index contributed by atoms with van der Waals surface area (Å²) in [5.41, 5.74) is 10.5. The van der Waals surface area contributed by atoms with Crippen LogP contribution in [-0.2, 0) is 13.6 Å². The van der Waals surface area contributed by atoms with Gasteiger partial charge >= 0.3 is 0 Å². The summed E-state index contributed by atoms with van der Waals surface area (Å²) in [6.45, 7) is 0.494. The molecule has 20 heavy (non-hydrogen) atoms. The third-order valence-electron chi connectivity index (χ3n) is 4.42. The van der Waals surface area contributed by atoms with Crippen LogP contribution >= 0.6 is 0 Å². The third-order valence-corrected chi connectivity index (χ3v) is 4.42. The molecule has 2 N–H and O–H groups in total. The topological polar surface area (TPSA) is 43.8 Å². The summed E-state index contributed by atoms with van der Waals surface area (Å²) in [5, 5.41) is 4.41. The quantitative estimate of drug-likeness (QED) is 0.925. The highest BCUT2D eigenvalue weighted by Crippen LogP contribution is 2.33. The number of hydrogen-bond donors (Lipinski definition) is 1. The summed E-state index contributed by atoms with van der Waals surface area (Å²) in [6.07, 6.45) is 6.87. The molecule has 1 aliphatic rings. The van der Waals surface area contributed by atoms with Crippen molar-refractivity contribution < 1.29 is 0 Å². The fourth-order valence-electron chi connectivity index (χ4n) is 3.26. The maximum Gasteiger partial charge on any atom is 0.0766 e. The minimum absolute atomic E-state index is 0.494. The molecule has 3 heteroatoms. The van der Waals surface area contributed by atoms with Crippen LogP contribution in [0.25, 0.3) is 11.3 Å². The Labute approximate surface area is 120 Å². The summed E-state index contributed by atoms with van der Waals surface area (Å²) >= 11 is 0. The molecule has 0 amide bonds. The number of aromatic nitrogens is 2. The molecule has 2 aromatic rings. The monoisotopic (exact) mass is 269 g/mol. The van der Waals surface area contributed by atoms with E-state index in [0.29, 0.717) is 6.54 Å². The predicted molar refractivity (Wildman–Crippen MR) is 82.4 cm³/mol. The van der Waals surface area contributed by atoms with Crippen LogP contribution in [0.1, 0.15) is 49.3 Å². The van der Waals surface area contributed by atoms with E-state index in [-0.39, 0.29) is 0 Å². The maximum atomic E-state index is 5.66. The van der Waals surface area contributed by atoms with Gasteiger partial charge in [0.1, 0.15) is 0 Å². The fraction of sp³-hybridized carbons (Fsp3) is 0.471. The summed E-state index contributed by atoms with van der Waals surface area (Å²) < 4.78 is 1.91. The Morgan fingerprint density at radius 1 is 1.15 bits per heavy atom. The molecule has 0 atom stereocenters. The molecule has 0 aliphatic heterocycles. The van der Waals surface area contributed by atoms with Crippen LogP contribution in [0.4, 0.5) is 0 Å². The van der Waals surface area contributed by atoms with Crippen molar-refractivity contribution in [2.24, 2.45) is 12.8 Å². The predicted octanol–water partition coefficient (Wildman–Crippen LogP) is 3.59. The van der Waals surface area contributed by atoms with Crippen LogP contribution in [0.5, 0.6) is 0 Å². The van der Waals surface area contributed by atoms with Crippen molar-refractivity contribution in [2.75, 3.05) is 0 Å². The minimum atomic E-state index is 0.494. The lowest BCUT2D eigenvalue weighted by Crippen LogP contribution is -2.04. The fourth-order valence-corrected chi connectivity index (χ4v) is 3.26. The summed E-state index contributed by atoms with van der Waals surface area (Å²) in [6, 6.07) is 11.1. The van der Waals surface area contributed by atoms with E-state index in [1.54, 1.807) is 0 Å². The van der Waals surface area contributed by atoms with Gasteiger partial charge in [-0.3, -0.25) is 4.68 Å². The van der Waals surface area contributed by atoms with Gasteiger partial charge in [-0.2, -0.15) is 5.10 Å². The molecule has 1 heterocycles. The molecule has 0 radical (unpaired) electrons. The van der Waals surface area contributed by atoms with Crippen molar-refractivity contribution in [3.63, 3.8) is 0 Å². The van der Waals surface area contributed by atoms with Crippen molar-refractivity contribution in [1.82, 2.24) is 9.78 Å². The van der Waals surface area contributed by atoms with Crippen LogP contribution in [0.3, 0.4) is 0 Å². The van der Waals surface area contributed by atoms with E-state index in [2.05, 4.69) is 35.4 Å². The Hall–Kier alpha value is -1.61. The molecule has 106 valence electrons. The van der Waals surface area contributed by atoms with Gasteiger partial charge < -0.3 is 5.73 Å². The zero-order valence-corrected chi connectivity index (χ0v) is 12.2. The normalized spacial score (nSPS) is 16.5. The molecule has 1 fully saturated rings. The molecule has 1 saturated carbocycles. The Bertz CT molecular complexity index is 562. The number of benzene rings is 1. The van der Waals surface area contributed by atoms with Crippen molar-refractivity contribution >= 4 is 0 Å². The Kier molecular flexibility index (Phi) is 3.88. The molecule has 0 unspecified atom stereocenters. The largest absolute Gasteiger partial charge is 0.325 e. The first-order valence-electron chi connectivity index (χ1n) is 7.61. The zero-order valence-electron chi connectivity index (χ0n) is 12.2. The molecular formula is C17H23N3. The molecule has 0 saturated heterocycles. The maximum absolute atomic E-state index is 5.66. The molecule has 3 nitrogen and oxygen atoms in total. The third kappa shape index (κ3) is 2.63. The second-order valence-electron chi connectivity index (χ2n) is 5.81. The first-order chi connectivity index (χ1) is 9.78. The van der Waals surface area contributed by atoms with Gasteiger partial charge in [0, 0.05) is 13.6 Å². The Morgan fingerprint density at radius 3 is 2.45 bits per heavy atom. The number of hydrogen-bond acceptors (Lipinski definition) is 2. The van der Waals surface area contributed by atoms with Crippen LogP contribution in [0.2, 0.25) is 0 Å². The minimum Gasteiger partial charge on any atom is -0.325 e. The molecule has 0 bridgehead atoms. The SMILES string of the molecule is Cn1nc(CN)cc1-c1ccc(C2CCCCC2)cc1. The van der Waals surface area contributed by atoms with Crippen LogP contribution in [0.15, 0.2) is 30.3 Å². The van der Waals surface area contributed by atoms with Gasteiger partial charge in [0.2, 0.25) is 0 Å². The van der Waals surface area contributed by atoms with Gasteiger partial charge in [0.15, 0.2) is 0 Å². The standard InChI is InChI=1S/C17H23N3/c1-20-17(11-16(12-18)19-20)15-9-7-14(8-10-15)13-5-3-2-4-6-13/h7-11,13H,2-6,12,18H2,1H3. The number of nitrogens with two attached hydrogens (primary N) is 1. The van der Waals surface area contributed by atoms with E-state index in [1.807, 2.05) is 11.7 Å². The summed E-state index contributed by atoms with van der Waals surface area (Å²) in [7, 11) is 1.98. The molecular weight excluding hydrogens is 246 g/mol. The summed E-state index contributed by atoms with van der Waals surface area (Å²) in [5.74, 6) is 0.768. The van der Waals surface area contributed by atoms with E-state index in [9.17, 15) is 0 Å². The molecule has 0 spiro atoms. The van der Waals surface area contributed by atoms with E-state index in [1.165, 1.54) is 43.2 Å². The Balaban J connectivity index is 1.83. The lowest BCUT2D eigenvalue weighted by molar-refractivity contribution is 0.443. The first kappa shape index (κ1) is 13.4. The highest BCUT2D eigenvalue weighted by molar-refractivity contribution is 5.60. The van der Waals surface area contributed by atoms with E-state index >= 15 is 0 Å². The van der Waals surface area contributed by atoms with E-state index in [4.69, 9.17) is 5.73 Å². The van der Waals surface area contributed by atoms with Crippen LogP contribution < -0.4 is 5.73 Å². The van der Waals surface area contributed by atoms with Crippen LogP contribution in [-0.4, -0.2) is 9.78 Å². The van der Waals surface area contributed by atoms with Crippen molar-refractivity contribution in [2.45, 2.75) is 44.6 Å². The second-order valence-corrected chi connectivity index (χ2v) is 5.81. The van der Waals surface area contributed by atoms with E-state index < -0.39 is 0 Å². The van der Waals surface area contributed by atoms with Gasteiger partial charge in [-0.05, 0) is 36.0 Å². The molecule has 1 aliphatic carbocycles. The smallest absolute Gasteiger partial charge is 0.0766 e. The zero-order chi connectivity index (χ0) is 13.9. The molecule has 1 aromatic heterocycles. The molecule has 3 rings (SSSR count). The van der Waals surface area contributed by atoms with Gasteiger partial charge in [-0.15, -0.1) is 0 Å². The van der Waals surface area contributed by atoms with Gasteiger partial charge in [0.25, 0.3) is 0 Å². The molecule has 1 aromatic carbocycles. The lowest BCUT2D eigenvalue weighted by atomic mass is 9.84. The van der Waals surface area contributed by atoms with Crippen molar-refractivity contribution in [3.05, 3.63) is 41.6 Å².